The number of aromatic nitrogens is 1. The van der Waals surface area contributed by atoms with Gasteiger partial charge in [0.05, 0.1) is 5.02 Å². The van der Waals surface area contributed by atoms with E-state index >= 15 is 0 Å². The summed E-state index contributed by atoms with van der Waals surface area (Å²) in [6.07, 6.45) is 6.88. The van der Waals surface area contributed by atoms with Crippen LogP contribution in [0.5, 0.6) is 0 Å². The maximum atomic E-state index is 12.4. The highest BCUT2D eigenvalue weighted by Gasteiger charge is 2.25. The predicted molar refractivity (Wildman–Crippen MR) is 98.0 cm³/mol. The number of H-pyrrole nitrogens is 1. The second-order valence-electron chi connectivity index (χ2n) is 6.45. The monoisotopic (exact) mass is 358 g/mol. The number of aromatic amines is 1. The van der Waals surface area contributed by atoms with E-state index in [9.17, 15) is 4.79 Å². The maximum absolute atomic E-state index is 12.4. The molecular formula is C16H20Cl2N2OS. The molecular weight excluding hydrogens is 339 g/mol. The second-order valence-corrected chi connectivity index (χ2v) is 11.6. The van der Waals surface area contributed by atoms with Crippen molar-refractivity contribution >= 4 is 50.0 Å². The summed E-state index contributed by atoms with van der Waals surface area (Å²) in [7, 11) is -0.438. The third kappa shape index (κ3) is 3.39. The smallest absolute Gasteiger partial charge is 0.267 e. The van der Waals surface area contributed by atoms with Gasteiger partial charge in [0.2, 0.25) is 0 Å². The lowest BCUT2D eigenvalue weighted by Crippen LogP contribution is -2.39. The number of halogens is 2. The standard InChI is InChI=1S/C16H20Cl2N2OS/c1-22(2)5-3-11(4-6-22)19-16(21)15-9-12-13(18)7-10(17)8-14(12)20-15/h7-9,11,20H,3-6H2,1-2H3,(H,19,21). The summed E-state index contributed by atoms with van der Waals surface area (Å²) in [5.74, 6) is 2.39. The normalized spacial score (nSPS) is 20.0. The molecule has 1 aliphatic rings. The van der Waals surface area contributed by atoms with Gasteiger partial charge in [0.25, 0.3) is 5.91 Å². The van der Waals surface area contributed by atoms with E-state index < -0.39 is 10.0 Å². The van der Waals surface area contributed by atoms with Gasteiger partial charge >= 0.3 is 0 Å². The van der Waals surface area contributed by atoms with Gasteiger partial charge in [-0.1, -0.05) is 23.2 Å². The lowest BCUT2D eigenvalue weighted by atomic mass is 10.1. The molecule has 2 heterocycles. The first-order valence-electron chi connectivity index (χ1n) is 7.31. The Labute approximate surface area is 142 Å². The zero-order chi connectivity index (χ0) is 15.9. The number of hydrogen-bond acceptors (Lipinski definition) is 1. The maximum Gasteiger partial charge on any atom is 0.267 e. The van der Waals surface area contributed by atoms with Crippen LogP contribution in [0, 0.1) is 0 Å². The molecule has 1 aliphatic heterocycles. The van der Waals surface area contributed by atoms with E-state index in [4.69, 9.17) is 23.2 Å². The van der Waals surface area contributed by atoms with E-state index in [1.807, 2.05) is 0 Å². The van der Waals surface area contributed by atoms with Crippen molar-refractivity contribution in [3.63, 3.8) is 0 Å². The fraction of sp³-hybridized carbons (Fsp3) is 0.438. The van der Waals surface area contributed by atoms with Gasteiger partial charge in [-0.05, 0) is 55.1 Å². The Morgan fingerprint density at radius 1 is 1.23 bits per heavy atom. The number of nitrogens with one attached hydrogen (secondary N) is 2. The summed E-state index contributed by atoms with van der Waals surface area (Å²) in [4.78, 5) is 15.5. The van der Waals surface area contributed by atoms with Crippen LogP contribution in [0.15, 0.2) is 18.2 Å². The molecule has 1 amide bonds. The molecule has 0 bridgehead atoms. The van der Waals surface area contributed by atoms with Gasteiger partial charge in [0.1, 0.15) is 5.69 Å². The van der Waals surface area contributed by atoms with E-state index in [0.717, 1.165) is 23.7 Å². The molecule has 3 rings (SSSR count). The number of carbonyl (C=O) groups excluding carboxylic acids is 1. The molecule has 0 aliphatic carbocycles. The van der Waals surface area contributed by atoms with Gasteiger partial charge in [0.15, 0.2) is 0 Å². The van der Waals surface area contributed by atoms with Gasteiger partial charge < -0.3 is 10.3 Å². The van der Waals surface area contributed by atoms with Gasteiger partial charge in [-0.25, -0.2) is 10.0 Å². The van der Waals surface area contributed by atoms with Crippen LogP contribution in [-0.2, 0) is 0 Å². The highest BCUT2D eigenvalue weighted by Crippen LogP contribution is 2.44. The van der Waals surface area contributed by atoms with Gasteiger partial charge in [-0.2, -0.15) is 0 Å². The quantitative estimate of drug-likeness (QED) is 0.819. The first kappa shape index (κ1) is 16.0. The Morgan fingerprint density at radius 3 is 2.59 bits per heavy atom. The Bertz CT molecular complexity index is 716. The highest BCUT2D eigenvalue weighted by molar-refractivity contribution is 8.32. The average molecular weight is 359 g/mol. The summed E-state index contributed by atoms with van der Waals surface area (Å²) in [5, 5.41) is 5.07. The summed E-state index contributed by atoms with van der Waals surface area (Å²) in [6.45, 7) is 0. The Morgan fingerprint density at radius 2 is 1.91 bits per heavy atom. The predicted octanol–water partition coefficient (Wildman–Crippen LogP) is 4.43. The number of amides is 1. The molecule has 6 heteroatoms. The van der Waals surface area contributed by atoms with E-state index in [2.05, 4.69) is 22.8 Å². The number of rotatable bonds is 2. The summed E-state index contributed by atoms with van der Waals surface area (Å²) in [6, 6.07) is 5.54. The van der Waals surface area contributed by atoms with E-state index in [1.165, 1.54) is 11.5 Å². The van der Waals surface area contributed by atoms with Crippen LogP contribution in [-0.4, -0.2) is 41.0 Å². The molecule has 1 aromatic heterocycles. The Kier molecular flexibility index (Phi) is 4.36. The van der Waals surface area contributed by atoms with Crippen LogP contribution < -0.4 is 5.32 Å². The van der Waals surface area contributed by atoms with E-state index in [0.29, 0.717) is 15.7 Å². The van der Waals surface area contributed by atoms with Crippen molar-refractivity contribution in [1.82, 2.24) is 10.3 Å². The summed E-state index contributed by atoms with van der Waals surface area (Å²) >= 11 is 12.2. The fourth-order valence-electron chi connectivity index (χ4n) is 2.86. The largest absolute Gasteiger partial charge is 0.350 e. The van der Waals surface area contributed by atoms with Gasteiger partial charge in [-0.3, -0.25) is 4.79 Å². The number of fused-ring (bicyclic) bond motifs is 1. The van der Waals surface area contributed by atoms with Crippen LogP contribution in [0.2, 0.25) is 10.0 Å². The van der Waals surface area contributed by atoms with Crippen molar-refractivity contribution in [2.45, 2.75) is 18.9 Å². The topological polar surface area (TPSA) is 44.9 Å². The van der Waals surface area contributed by atoms with Crippen molar-refractivity contribution in [3.05, 3.63) is 33.9 Å². The van der Waals surface area contributed by atoms with Gasteiger partial charge in [0, 0.05) is 22.0 Å². The van der Waals surface area contributed by atoms with Crippen LogP contribution >= 0.6 is 33.2 Å². The second kappa shape index (κ2) is 5.99. The molecule has 1 saturated heterocycles. The SMILES string of the molecule is CS1(C)CCC(NC(=O)c2cc3c(Cl)cc(Cl)cc3[nH]2)CC1. The van der Waals surface area contributed by atoms with Crippen molar-refractivity contribution in [2.75, 3.05) is 24.0 Å². The molecule has 0 saturated carbocycles. The van der Waals surface area contributed by atoms with Crippen molar-refractivity contribution < 1.29 is 4.79 Å². The average Bonchev–Trinajstić information content (AvgIpc) is 2.85. The zero-order valence-electron chi connectivity index (χ0n) is 12.7. The molecule has 0 spiro atoms. The Balaban J connectivity index is 1.74. The minimum atomic E-state index is -0.438. The zero-order valence-corrected chi connectivity index (χ0v) is 15.0. The first-order valence-corrected chi connectivity index (χ1v) is 10.9. The molecule has 22 heavy (non-hydrogen) atoms. The van der Waals surface area contributed by atoms with Crippen LogP contribution in [0.3, 0.4) is 0 Å². The number of hydrogen-bond donors (Lipinski definition) is 2. The lowest BCUT2D eigenvalue weighted by molar-refractivity contribution is 0.0930. The lowest BCUT2D eigenvalue weighted by Gasteiger charge is -2.39. The molecule has 0 atom stereocenters. The molecule has 1 fully saturated rings. The van der Waals surface area contributed by atoms with Crippen molar-refractivity contribution in [2.24, 2.45) is 0 Å². The molecule has 3 nitrogen and oxygen atoms in total. The molecule has 2 N–H and O–H groups in total. The van der Waals surface area contributed by atoms with E-state index in [1.54, 1.807) is 18.2 Å². The third-order valence-electron chi connectivity index (χ3n) is 4.27. The number of carbonyl (C=O) groups is 1. The van der Waals surface area contributed by atoms with Crippen molar-refractivity contribution in [3.8, 4) is 0 Å². The van der Waals surface area contributed by atoms with Crippen LogP contribution in [0.1, 0.15) is 23.3 Å². The molecule has 0 radical (unpaired) electrons. The van der Waals surface area contributed by atoms with Crippen molar-refractivity contribution in [1.29, 1.82) is 0 Å². The highest BCUT2D eigenvalue weighted by atomic mass is 35.5. The Hall–Kier alpha value is -0.840. The van der Waals surface area contributed by atoms with Crippen LogP contribution in [0.4, 0.5) is 0 Å². The van der Waals surface area contributed by atoms with Crippen LogP contribution in [0.25, 0.3) is 10.9 Å². The minimum absolute atomic E-state index is 0.0666. The summed E-state index contributed by atoms with van der Waals surface area (Å²) in [5.41, 5.74) is 1.33. The number of benzene rings is 1. The third-order valence-corrected chi connectivity index (χ3v) is 7.48. The van der Waals surface area contributed by atoms with E-state index in [-0.39, 0.29) is 11.9 Å². The molecule has 120 valence electrons. The first-order chi connectivity index (χ1) is 10.3. The molecule has 0 unspecified atom stereocenters. The summed E-state index contributed by atoms with van der Waals surface area (Å²) < 4.78 is 0. The molecule has 1 aromatic carbocycles. The molecule has 2 aromatic rings. The fourth-order valence-corrected chi connectivity index (χ4v) is 5.46. The minimum Gasteiger partial charge on any atom is -0.350 e. The van der Waals surface area contributed by atoms with Gasteiger partial charge in [-0.15, -0.1) is 0 Å².